The van der Waals surface area contributed by atoms with E-state index in [4.69, 9.17) is 4.74 Å². The average Bonchev–Trinajstić information content (AvgIpc) is 2.42. The van der Waals surface area contributed by atoms with Crippen molar-refractivity contribution in [1.82, 2.24) is 4.98 Å². The number of rotatable bonds is 4. The molecule has 0 aliphatic heterocycles. The maximum Gasteiger partial charge on any atom is 0.252 e. The molecule has 3 nitrogen and oxygen atoms in total. The Morgan fingerprint density at radius 1 is 1.37 bits per heavy atom. The van der Waals surface area contributed by atoms with Crippen LogP contribution in [0.2, 0.25) is 0 Å². The van der Waals surface area contributed by atoms with Crippen LogP contribution in [0.15, 0.2) is 6.07 Å². The summed E-state index contributed by atoms with van der Waals surface area (Å²) < 4.78 is 32.6. The number of nitrogens with one attached hydrogen (secondary N) is 1. The summed E-state index contributed by atoms with van der Waals surface area (Å²) in [6.07, 6.45) is 5.22. The molecule has 1 fully saturated rings. The minimum Gasteiger partial charge on any atom is -0.472 e. The summed E-state index contributed by atoms with van der Waals surface area (Å²) in [7, 11) is 1.54. The zero-order valence-corrected chi connectivity index (χ0v) is 11.4. The first-order valence-corrected chi connectivity index (χ1v) is 6.84. The van der Waals surface area contributed by atoms with E-state index in [9.17, 15) is 8.78 Å². The van der Waals surface area contributed by atoms with Crippen molar-refractivity contribution >= 4 is 5.82 Å². The fourth-order valence-corrected chi connectivity index (χ4v) is 2.59. The first-order chi connectivity index (χ1) is 9.13. The summed E-state index contributed by atoms with van der Waals surface area (Å²) in [6.45, 7) is 2.16. The molecule has 1 aliphatic carbocycles. The van der Waals surface area contributed by atoms with Crippen molar-refractivity contribution in [2.45, 2.75) is 45.1 Å². The molecular weight excluding hydrogens is 250 g/mol. The van der Waals surface area contributed by atoms with E-state index in [1.807, 2.05) is 0 Å². The van der Waals surface area contributed by atoms with E-state index >= 15 is 0 Å². The fourth-order valence-electron chi connectivity index (χ4n) is 2.59. The molecule has 0 aromatic carbocycles. The van der Waals surface area contributed by atoms with Crippen LogP contribution in [0.1, 0.15) is 39.0 Å². The number of anilines is 1. The number of nitrogens with zero attached hydrogens (tertiary/aromatic N) is 1. The van der Waals surface area contributed by atoms with Gasteiger partial charge in [-0.2, -0.15) is 4.98 Å². The lowest BCUT2D eigenvalue weighted by Gasteiger charge is -2.28. The molecule has 0 bridgehead atoms. The molecule has 0 radical (unpaired) electrons. The van der Waals surface area contributed by atoms with Gasteiger partial charge in [0.25, 0.3) is 5.88 Å². The van der Waals surface area contributed by atoms with Crippen molar-refractivity contribution < 1.29 is 13.5 Å². The topological polar surface area (TPSA) is 34.1 Å². The molecule has 1 aromatic rings. The summed E-state index contributed by atoms with van der Waals surface area (Å²) >= 11 is 0. The monoisotopic (exact) mass is 270 g/mol. The Balaban J connectivity index is 2.10. The Hall–Kier alpha value is -1.39. The Morgan fingerprint density at radius 3 is 2.84 bits per heavy atom. The molecule has 0 saturated heterocycles. The molecule has 2 atom stereocenters. The minimum absolute atomic E-state index is 0.0132. The van der Waals surface area contributed by atoms with Crippen molar-refractivity contribution in [1.29, 1.82) is 0 Å². The van der Waals surface area contributed by atoms with Crippen molar-refractivity contribution in [3.05, 3.63) is 17.7 Å². The normalized spacial score (nSPS) is 23.2. The van der Waals surface area contributed by atoms with E-state index in [1.165, 1.54) is 6.42 Å². The molecule has 1 aliphatic rings. The summed E-state index contributed by atoms with van der Waals surface area (Å²) in [5.74, 6) is -0.907. The van der Waals surface area contributed by atoms with Crippen molar-refractivity contribution in [2.75, 3.05) is 12.4 Å². The number of halogens is 2. The highest BCUT2D eigenvalue weighted by Crippen LogP contribution is 2.30. The molecule has 19 heavy (non-hydrogen) atoms. The zero-order valence-electron chi connectivity index (χ0n) is 11.4. The second kappa shape index (κ2) is 6.17. The smallest absolute Gasteiger partial charge is 0.252 e. The fraction of sp³-hybridized carbons (Fsp3) is 0.643. The van der Waals surface area contributed by atoms with Crippen LogP contribution >= 0.6 is 0 Å². The molecule has 2 rings (SSSR count). The summed E-state index contributed by atoms with van der Waals surface area (Å²) in [6, 6.07) is 0.814. The number of pyridine rings is 1. The highest BCUT2D eigenvalue weighted by Gasteiger charge is 2.24. The van der Waals surface area contributed by atoms with Crippen LogP contribution in [-0.2, 0) is 0 Å². The van der Waals surface area contributed by atoms with Gasteiger partial charge in [0, 0.05) is 13.1 Å². The average molecular weight is 270 g/mol. The van der Waals surface area contributed by atoms with Gasteiger partial charge in [0.15, 0.2) is 17.5 Å². The summed E-state index contributed by atoms with van der Waals surface area (Å²) in [4.78, 5) is 3.85. The predicted molar refractivity (Wildman–Crippen MR) is 70.4 cm³/mol. The van der Waals surface area contributed by atoms with Crippen LogP contribution in [0.4, 0.5) is 14.6 Å². The summed E-state index contributed by atoms with van der Waals surface area (Å²) in [5, 5.41) is 2.59. The van der Waals surface area contributed by atoms with Crippen molar-refractivity contribution in [3.63, 3.8) is 0 Å². The van der Waals surface area contributed by atoms with Gasteiger partial charge in [-0.1, -0.05) is 19.8 Å². The third-order valence-electron chi connectivity index (χ3n) is 3.72. The van der Waals surface area contributed by atoms with Crippen LogP contribution in [0.25, 0.3) is 0 Å². The van der Waals surface area contributed by atoms with Gasteiger partial charge in [0.1, 0.15) is 6.10 Å². The van der Waals surface area contributed by atoms with Crippen molar-refractivity contribution in [2.24, 2.45) is 5.92 Å². The first-order valence-electron chi connectivity index (χ1n) is 6.84. The van der Waals surface area contributed by atoms with E-state index < -0.39 is 11.6 Å². The Bertz CT molecular complexity index is 440. The van der Waals surface area contributed by atoms with Gasteiger partial charge in [-0.3, -0.25) is 0 Å². The van der Waals surface area contributed by atoms with Gasteiger partial charge in [-0.15, -0.1) is 0 Å². The third kappa shape index (κ3) is 3.33. The predicted octanol–water partition coefficient (Wildman–Crippen LogP) is 3.75. The molecule has 0 spiro atoms. The van der Waals surface area contributed by atoms with Gasteiger partial charge in [0.2, 0.25) is 0 Å². The van der Waals surface area contributed by atoms with Gasteiger partial charge in [0.05, 0.1) is 0 Å². The van der Waals surface area contributed by atoms with E-state index in [-0.39, 0.29) is 17.8 Å². The Labute approximate surface area is 112 Å². The van der Waals surface area contributed by atoms with Gasteiger partial charge >= 0.3 is 0 Å². The standard InChI is InChI=1S/C14H20F2N2O/c1-3-9-5-4-6-10(7-9)19-14-12(16)8-11(15)13(17-2)18-14/h8-10H,3-7H2,1-2H3,(H,17,18). The lowest BCUT2D eigenvalue weighted by Crippen LogP contribution is -2.26. The second-order valence-electron chi connectivity index (χ2n) is 5.04. The SMILES string of the molecule is CCC1CCCC(Oc2nc(NC)c(F)cc2F)C1. The van der Waals surface area contributed by atoms with Gasteiger partial charge < -0.3 is 10.1 Å². The molecule has 0 amide bonds. The van der Waals surface area contributed by atoms with E-state index in [0.717, 1.165) is 31.7 Å². The summed E-state index contributed by atoms with van der Waals surface area (Å²) in [5.41, 5.74) is 0. The maximum absolute atomic E-state index is 13.6. The quantitative estimate of drug-likeness (QED) is 0.904. The highest BCUT2D eigenvalue weighted by molar-refractivity contribution is 5.39. The highest BCUT2D eigenvalue weighted by atomic mass is 19.1. The minimum atomic E-state index is -0.741. The number of hydrogen-bond donors (Lipinski definition) is 1. The van der Waals surface area contributed by atoms with Crippen molar-refractivity contribution in [3.8, 4) is 5.88 Å². The number of ether oxygens (including phenoxy) is 1. The Morgan fingerprint density at radius 2 is 2.16 bits per heavy atom. The molecule has 106 valence electrons. The van der Waals surface area contributed by atoms with E-state index in [2.05, 4.69) is 17.2 Å². The third-order valence-corrected chi connectivity index (χ3v) is 3.72. The maximum atomic E-state index is 13.6. The largest absolute Gasteiger partial charge is 0.472 e. The molecule has 5 heteroatoms. The lowest BCUT2D eigenvalue weighted by atomic mass is 9.85. The van der Waals surface area contributed by atoms with Gasteiger partial charge in [-0.05, 0) is 25.2 Å². The van der Waals surface area contributed by atoms with Gasteiger partial charge in [-0.25, -0.2) is 8.78 Å². The molecule has 1 heterocycles. The number of aromatic nitrogens is 1. The molecule has 2 unspecified atom stereocenters. The van der Waals surface area contributed by atoms with E-state index in [0.29, 0.717) is 5.92 Å². The molecule has 1 N–H and O–H groups in total. The molecule has 1 saturated carbocycles. The van der Waals surface area contributed by atoms with E-state index in [1.54, 1.807) is 7.05 Å². The lowest BCUT2D eigenvalue weighted by molar-refractivity contribution is 0.112. The zero-order chi connectivity index (χ0) is 13.8. The van der Waals surface area contributed by atoms with Crippen LogP contribution in [0, 0.1) is 17.6 Å². The van der Waals surface area contributed by atoms with Crippen LogP contribution in [0.3, 0.4) is 0 Å². The van der Waals surface area contributed by atoms with Crippen LogP contribution in [0.5, 0.6) is 5.88 Å². The molecular formula is C14H20F2N2O. The first kappa shape index (κ1) is 14.0. The van der Waals surface area contributed by atoms with Crippen LogP contribution < -0.4 is 10.1 Å². The Kier molecular flexibility index (Phi) is 4.56. The number of hydrogen-bond acceptors (Lipinski definition) is 3. The second-order valence-corrected chi connectivity index (χ2v) is 5.04. The van der Waals surface area contributed by atoms with Crippen LogP contribution in [-0.4, -0.2) is 18.1 Å². The molecule has 1 aromatic heterocycles.